The monoisotopic (exact) mass is 635 g/mol. The Labute approximate surface area is 270 Å². The molecule has 0 aliphatic carbocycles. The smallest absolute Gasteiger partial charge is 0.272 e. The van der Waals surface area contributed by atoms with Crippen molar-refractivity contribution >= 4 is 58.5 Å². The third kappa shape index (κ3) is 8.53. The van der Waals surface area contributed by atoms with E-state index in [-0.39, 0.29) is 16.9 Å². The van der Waals surface area contributed by atoms with Gasteiger partial charge < -0.3 is 20.4 Å². The number of amides is 3. The first-order valence-corrected chi connectivity index (χ1v) is 15.4. The van der Waals surface area contributed by atoms with Crippen molar-refractivity contribution < 1.29 is 18.8 Å². The number of furan rings is 1. The SMILES string of the molecule is Cc1ccc(Cl)cc1NC(=O)C(C)Sc1ccc(NC(=O)/C(=C\c2ccc(-c3ccccc3)o2)NC(=O)c2ccccc2)cc1. The van der Waals surface area contributed by atoms with Crippen molar-refractivity contribution in [3.8, 4) is 11.3 Å². The number of carbonyl (C=O) groups is 3. The van der Waals surface area contributed by atoms with Crippen molar-refractivity contribution in [2.45, 2.75) is 24.0 Å². The minimum absolute atomic E-state index is 0.0119. The van der Waals surface area contributed by atoms with E-state index >= 15 is 0 Å². The molecular formula is C36H30ClN3O4S. The number of aryl methyl sites for hydroxylation is 1. The first kappa shape index (κ1) is 31.4. The van der Waals surface area contributed by atoms with Crippen LogP contribution < -0.4 is 16.0 Å². The number of hydrogen-bond donors (Lipinski definition) is 3. The molecule has 226 valence electrons. The van der Waals surface area contributed by atoms with Crippen LogP contribution in [0.5, 0.6) is 0 Å². The van der Waals surface area contributed by atoms with Crippen LogP contribution in [0.15, 0.2) is 130 Å². The number of rotatable bonds is 10. The van der Waals surface area contributed by atoms with Gasteiger partial charge in [-0.3, -0.25) is 14.4 Å². The molecule has 9 heteroatoms. The first-order chi connectivity index (χ1) is 21.7. The lowest BCUT2D eigenvalue weighted by atomic mass is 10.2. The molecule has 0 saturated carbocycles. The molecule has 45 heavy (non-hydrogen) atoms. The molecule has 0 fully saturated rings. The average molecular weight is 636 g/mol. The average Bonchev–Trinajstić information content (AvgIpc) is 3.52. The first-order valence-electron chi connectivity index (χ1n) is 14.1. The summed E-state index contributed by atoms with van der Waals surface area (Å²) in [4.78, 5) is 40.1. The molecule has 0 saturated heterocycles. The van der Waals surface area contributed by atoms with Crippen LogP contribution >= 0.6 is 23.4 Å². The minimum atomic E-state index is -0.526. The normalized spacial score (nSPS) is 11.8. The van der Waals surface area contributed by atoms with Crippen molar-refractivity contribution in [2.75, 3.05) is 10.6 Å². The van der Waals surface area contributed by atoms with Gasteiger partial charge in [0.1, 0.15) is 17.2 Å². The Morgan fingerprint density at radius 3 is 2.22 bits per heavy atom. The summed E-state index contributed by atoms with van der Waals surface area (Å²) in [5, 5.41) is 8.65. The van der Waals surface area contributed by atoms with E-state index in [1.54, 1.807) is 54.6 Å². The van der Waals surface area contributed by atoms with Crippen molar-refractivity contribution in [2.24, 2.45) is 0 Å². The van der Waals surface area contributed by atoms with Crippen molar-refractivity contribution in [1.82, 2.24) is 5.32 Å². The van der Waals surface area contributed by atoms with Gasteiger partial charge in [-0.15, -0.1) is 11.8 Å². The van der Waals surface area contributed by atoms with E-state index in [1.807, 2.05) is 74.5 Å². The zero-order valence-corrected chi connectivity index (χ0v) is 26.1. The number of thioether (sulfide) groups is 1. The highest BCUT2D eigenvalue weighted by Gasteiger charge is 2.18. The van der Waals surface area contributed by atoms with Crippen LogP contribution in [-0.2, 0) is 9.59 Å². The van der Waals surface area contributed by atoms with E-state index in [4.69, 9.17) is 16.0 Å². The third-order valence-corrected chi connectivity index (χ3v) is 8.10. The number of halogens is 1. The Hall–Kier alpha value is -5.05. The van der Waals surface area contributed by atoms with E-state index < -0.39 is 11.8 Å². The number of anilines is 2. The predicted molar refractivity (Wildman–Crippen MR) is 181 cm³/mol. The molecule has 0 aliphatic heterocycles. The summed E-state index contributed by atoms with van der Waals surface area (Å²) in [6.45, 7) is 3.72. The Bertz CT molecular complexity index is 1840. The summed E-state index contributed by atoms with van der Waals surface area (Å²) in [5.74, 6) is -0.0742. The second-order valence-electron chi connectivity index (χ2n) is 10.1. The standard InChI is InChI=1S/C36H30ClN3O4S/c1-23-13-14-27(37)21-31(23)39-34(41)24(2)45-30-18-15-28(16-19-30)38-36(43)32(40-35(42)26-11-7-4-8-12-26)22-29-17-20-33(44-29)25-9-5-3-6-10-25/h3-22,24H,1-2H3,(H,38,43)(H,39,41)(H,40,42)/b32-22+. The number of nitrogens with one attached hydrogen (secondary N) is 3. The molecule has 5 rings (SSSR count). The minimum Gasteiger partial charge on any atom is -0.457 e. The second-order valence-corrected chi connectivity index (χ2v) is 12.0. The molecule has 1 unspecified atom stereocenters. The Morgan fingerprint density at radius 1 is 0.822 bits per heavy atom. The Morgan fingerprint density at radius 2 is 1.51 bits per heavy atom. The lowest BCUT2D eigenvalue weighted by Crippen LogP contribution is -2.30. The van der Waals surface area contributed by atoms with Crippen LogP contribution in [0.2, 0.25) is 5.02 Å². The van der Waals surface area contributed by atoms with Crippen LogP contribution in [0.3, 0.4) is 0 Å². The van der Waals surface area contributed by atoms with Gasteiger partial charge in [-0.25, -0.2) is 0 Å². The lowest BCUT2D eigenvalue weighted by molar-refractivity contribution is -0.115. The molecule has 3 amide bonds. The molecule has 1 aromatic heterocycles. The van der Waals surface area contributed by atoms with Gasteiger partial charge >= 0.3 is 0 Å². The quantitative estimate of drug-likeness (QED) is 0.106. The van der Waals surface area contributed by atoms with Gasteiger partial charge in [0.25, 0.3) is 11.8 Å². The number of carbonyl (C=O) groups excluding carboxylic acids is 3. The molecule has 0 radical (unpaired) electrons. The largest absolute Gasteiger partial charge is 0.457 e. The van der Waals surface area contributed by atoms with Crippen molar-refractivity contribution in [1.29, 1.82) is 0 Å². The van der Waals surface area contributed by atoms with Crippen molar-refractivity contribution in [3.63, 3.8) is 0 Å². The molecule has 7 nitrogen and oxygen atoms in total. The van der Waals surface area contributed by atoms with Crippen LogP contribution in [0, 0.1) is 6.92 Å². The van der Waals surface area contributed by atoms with Gasteiger partial charge in [-0.1, -0.05) is 66.2 Å². The molecule has 0 aliphatic rings. The van der Waals surface area contributed by atoms with Crippen molar-refractivity contribution in [3.05, 3.63) is 143 Å². The molecule has 1 heterocycles. The fourth-order valence-corrected chi connectivity index (χ4v) is 5.35. The molecule has 1 atom stereocenters. The maximum Gasteiger partial charge on any atom is 0.272 e. The highest BCUT2D eigenvalue weighted by atomic mass is 35.5. The zero-order chi connectivity index (χ0) is 31.8. The maximum absolute atomic E-state index is 13.4. The van der Waals surface area contributed by atoms with E-state index in [2.05, 4.69) is 16.0 Å². The molecule has 3 N–H and O–H groups in total. The Kier molecular flexibility index (Phi) is 10.2. The van der Waals surface area contributed by atoms with Gasteiger partial charge in [-0.05, 0) is 80.1 Å². The van der Waals surface area contributed by atoms with Gasteiger partial charge in [0.05, 0.1) is 5.25 Å². The van der Waals surface area contributed by atoms with E-state index in [1.165, 1.54) is 17.8 Å². The van der Waals surface area contributed by atoms with E-state index in [0.29, 0.717) is 33.5 Å². The lowest BCUT2D eigenvalue weighted by Gasteiger charge is -2.14. The highest BCUT2D eigenvalue weighted by molar-refractivity contribution is 8.00. The third-order valence-electron chi connectivity index (χ3n) is 6.75. The van der Waals surface area contributed by atoms with E-state index in [9.17, 15) is 14.4 Å². The molecule has 0 bridgehead atoms. The summed E-state index contributed by atoms with van der Waals surface area (Å²) in [6, 6.07) is 34.2. The highest BCUT2D eigenvalue weighted by Crippen LogP contribution is 2.28. The van der Waals surface area contributed by atoms with Crippen LogP contribution in [0.4, 0.5) is 11.4 Å². The van der Waals surface area contributed by atoms with Gasteiger partial charge in [-0.2, -0.15) is 0 Å². The van der Waals surface area contributed by atoms with Crippen LogP contribution in [-0.4, -0.2) is 23.0 Å². The van der Waals surface area contributed by atoms with E-state index in [0.717, 1.165) is 16.0 Å². The second kappa shape index (κ2) is 14.6. The summed E-state index contributed by atoms with van der Waals surface area (Å²) in [5.41, 5.74) is 3.42. The summed E-state index contributed by atoms with van der Waals surface area (Å²) < 4.78 is 5.96. The molecule has 0 spiro atoms. The maximum atomic E-state index is 13.4. The summed E-state index contributed by atoms with van der Waals surface area (Å²) in [7, 11) is 0. The van der Waals surface area contributed by atoms with Gasteiger partial charge in [0.2, 0.25) is 5.91 Å². The predicted octanol–water partition coefficient (Wildman–Crippen LogP) is 8.44. The van der Waals surface area contributed by atoms with Crippen LogP contribution in [0.25, 0.3) is 17.4 Å². The topological polar surface area (TPSA) is 100 Å². The van der Waals surface area contributed by atoms with Gasteiger partial charge in [0, 0.05) is 38.5 Å². The number of hydrogen-bond acceptors (Lipinski definition) is 5. The number of benzene rings is 4. The summed E-state index contributed by atoms with van der Waals surface area (Å²) >= 11 is 7.47. The fourth-order valence-electron chi connectivity index (χ4n) is 4.31. The van der Waals surface area contributed by atoms with Crippen LogP contribution in [0.1, 0.15) is 28.6 Å². The molecule has 4 aromatic carbocycles. The Balaban J connectivity index is 1.28. The zero-order valence-electron chi connectivity index (χ0n) is 24.5. The summed E-state index contributed by atoms with van der Waals surface area (Å²) in [6.07, 6.45) is 1.49. The fraction of sp³-hybridized carbons (Fsp3) is 0.0833. The molecule has 5 aromatic rings. The molecular weight excluding hydrogens is 606 g/mol. The van der Waals surface area contributed by atoms with Gasteiger partial charge in [0.15, 0.2) is 0 Å².